The van der Waals surface area contributed by atoms with Crippen molar-refractivity contribution in [3.8, 4) is 11.5 Å². The lowest BCUT2D eigenvalue weighted by Crippen LogP contribution is -2.39. The topological polar surface area (TPSA) is 59.0 Å². The predicted molar refractivity (Wildman–Crippen MR) is 119 cm³/mol. The molecule has 186 valence electrons. The molecule has 2 aliphatic heterocycles. The van der Waals surface area contributed by atoms with Gasteiger partial charge in [0.15, 0.2) is 0 Å². The summed E-state index contributed by atoms with van der Waals surface area (Å²) in [5.74, 6) is -1.43. The lowest BCUT2D eigenvalue weighted by molar-refractivity contribution is -0.274. The third kappa shape index (κ3) is 5.41. The van der Waals surface area contributed by atoms with E-state index in [1.54, 1.807) is 0 Å². The number of rotatable bonds is 7. The molecule has 2 fully saturated rings. The van der Waals surface area contributed by atoms with Gasteiger partial charge in [0.1, 0.15) is 23.1 Å². The molecular weight excluding hydrogens is 490 g/mol. The number of benzene rings is 2. The average Bonchev–Trinajstić information content (AvgIpc) is 3.53. The van der Waals surface area contributed by atoms with Crippen molar-refractivity contribution < 1.29 is 36.9 Å². The van der Waals surface area contributed by atoms with Gasteiger partial charge in [0.05, 0.1) is 5.56 Å². The Morgan fingerprint density at radius 2 is 1.83 bits per heavy atom. The molecule has 0 radical (unpaired) electrons. The molecule has 0 spiro atoms. The minimum absolute atomic E-state index is 0.0168. The lowest BCUT2D eigenvalue weighted by Gasteiger charge is -2.34. The Morgan fingerprint density at radius 1 is 1.09 bits per heavy atom. The number of nitrogens with zero attached hydrogens (tertiary/aromatic N) is 1. The van der Waals surface area contributed by atoms with Crippen molar-refractivity contribution in [2.45, 2.75) is 63.0 Å². The second-order valence-electron chi connectivity index (χ2n) is 9.19. The van der Waals surface area contributed by atoms with Gasteiger partial charge in [-0.2, -0.15) is 0 Å². The van der Waals surface area contributed by atoms with E-state index in [0.717, 1.165) is 48.9 Å². The van der Waals surface area contributed by atoms with Crippen molar-refractivity contribution in [2.75, 3.05) is 0 Å². The van der Waals surface area contributed by atoms with Gasteiger partial charge < -0.3 is 14.6 Å². The Labute approximate surface area is 203 Å². The highest BCUT2D eigenvalue weighted by atomic mass is 35.5. The Bertz CT molecular complexity index is 1190. The van der Waals surface area contributed by atoms with Crippen LogP contribution in [0.15, 0.2) is 42.2 Å². The molecule has 5 nitrogen and oxygen atoms in total. The normalized spacial score (nSPS) is 22.1. The minimum Gasteiger partial charge on any atom is -0.478 e. The Hall–Kier alpha value is -2.78. The number of hydrogen-bond donors (Lipinski definition) is 1. The van der Waals surface area contributed by atoms with Crippen LogP contribution in [0.5, 0.6) is 11.5 Å². The number of carbonyl (C=O) groups is 1. The van der Waals surface area contributed by atoms with Crippen molar-refractivity contribution in [1.29, 1.82) is 0 Å². The van der Waals surface area contributed by atoms with Gasteiger partial charge in [-0.3, -0.25) is 4.90 Å². The zero-order valence-corrected chi connectivity index (χ0v) is 19.2. The van der Waals surface area contributed by atoms with Gasteiger partial charge >= 0.3 is 12.3 Å². The number of aromatic carboxylic acids is 1. The number of ether oxygens (including phenoxy) is 2. The van der Waals surface area contributed by atoms with Gasteiger partial charge in [-0.15, -0.1) is 13.2 Å². The highest BCUT2D eigenvalue weighted by Gasteiger charge is 2.39. The maximum atomic E-state index is 14.5. The third-order valence-electron chi connectivity index (χ3n) is 6.66. The molecule has 3 aliphatic rings. The summed E-state index contributed by atoms with van der Waals surface area (Å²) >= 11 is 5.95. The van der Waals surface area contributed by atoms with Crippen molar-refractivity contribution >= 4 is 17.6 Å². The fraction of sp³-hybridized carbons (Fsp3) is 0.400. The average molecular weight is 512 g/mol. The summed E-state index contributed by atoms with van der Waals surface area (Å²) in [6.07, 6.45) is 1.31. The van der Waals surface area contributed by atoms with E-state index < -0.39 is 23.9 Å². The van der Waals surface area contributed by atoms with Gasteiger partial charge in [-0.25, -0.2) is 9.18 Å². The Balaban J connectivity index is 1.34. The van der Waals surface area contributed by atoms with Crippen molar-refractivity contribution in [2.24, 2.45) is 0 Å². The molecule has 0 amide bonds. The summed E-state index contributed by atoms with van der Waals surface area (Å²) in [6.45, 7) is 0.489. The molecule has 2 bridgehead atoms. The van der Waals surface area contributed by atoms with Gasteiger partial charge in [0.2, 0.25) is 0 Å². The number of carboxylic acid groups (broad SMARTS) is 1. The first-order valence-corrected chi connectivity index (χ1v) is 11.7. The van der Waals surface area contributed by atoms with Crippen LogP contribution in [-0.2, 0) is 6.54 Å². The molecule has 10 heteroatoms. The van der Waals surface area contributed by atoms with E-state index in [9.17, 15) is 27.5 Å². The molecule has 1 saturated heterocycles. The minimum atomic E-state index is -4.84. The fourth-order valence-electron chi connectivity index (χ4n) is 5.04. The number of alkyl halides is 3. The number of hydrogen-bond acceptors (Lipinski definition) is 4. The first-order valence-electron chi connectivity index (χ1n) is 11.3. The van der Waals surface area contributed by atoms with E-state index in [-0.39, 0.29) is 34.3 Å². The van der Waals surface area contributed by atoms with Crippen LogP contribution in [0.3, 0.4) is 0 Å². The zero-order chi connectivity index (χ0) is 24.9. The van der Waals surface area contributed by atoms with Crippen LogP contribution >= 0.6 is 11.6 Å². The Morgan fingerprint density at radius 3 is 2.49 bits per heavy atom. The number of fused-ring (bicyclic) bond motifs is 2. The second-order valence-corrected chi connectivity index (χ2v) is 9.63. The van der Waals surface area contributed by atoms with Crippen LogP contribution in [0.2, 0.25) is 5.02 Å². The summed E-state index contributed by atoms with van der Waals surface area (Å²) in [5.41, 5.74) is 1.39. The molecule has 35 heavy (non-hydrogen) atoms. The highest BCUT2D eigenvalue weighted by Crippen LogP contribution is 2.44. The lowest BCUT2D eigenvalue weighted by atomic mass is 9.97. The first kappa shape index (κ1) is 23.9. The predicted octanol–water partition coefficient (Wildman–Crippen LogP) is 6.65. The molecule has 2 atom stereocenters. The summed E-state index contributed by atoms with van der Waals surface area (Å²) in [7, 11) is 0. The summed E-state index contributed by atoms with van der Waals surface area (Å²) in [6, 6.07) is 6.58. The van der Waals surface area contributed by atoms with Crippen LogP contribution < -0.4 is 9.47 Å². The van der Waals surface area contributed by atoms with E-state index in [4.69, 9.17) is 16.3 Å². The summed E-state index contributed by atoms with van der Waals surface area (Å²) in [5, 5.41) is 9.35. The molecule has 2 aromatic carbocycles. The smallest absolute Gasteiger partial charge is 0.478 e. The van der Waals surface area contributed by atoms with Crippen molar-refractivity contribution in [3.05, 3.63) is 69.7 Å². The van der Waals surface area contributed by atoms with Gasteiger partial charge in [0.25, 0.3) is 0 Å². The van der Waals surface area contributed by atoms with E-state index in [0.29, 0.717) is 18.7 Å². The molecule has 1 saturated carbocycles. The Kier molecular flexibility index (Phi) is 6.17. The molecule has 1 N–H and O–H groups in total. The maximum Gasteiger partial charge on any atom is 0.573 e. The molecule has 1 aliphatic carbocycles. The zero-order valence-electron chi connectivity index (χ0n) is 18.4. The third-order valence-corrected chi connectivity index (χ3v) is 6.88. The monoisotopic (exact) mass is 511 g/mol. The summed E-state index contributed by atoms with van der Waals surface area (Å²) in [4.78, 5) is 13.6. The molecular formula is C25H22ClF4NO4. The van der Waals surface area contributed by atoms with E-state index in [1.807, 2.05) is 6.08 Å². The largest absolute Gasteiger partial charge is 0.573 e. The molecule has 1 unspecified atom stereocenters. The van der Waals surface area contributed by atoms with Crippen LogP contribution in [-0.4, -0.2) is 34.4 Å². The second kappa shape index (κ2) is 9.02. The van der Waals surface area contributed by atoms with Crippen LogP contribution in [0.4, 0.5) is 17.6 Å². The van der Waals surface area contributed by atoms with E-state index in [2.05, 4.69) is 9.64 Å². The molecule has 0 aromatic heterocycles. The van der Waals surface area contributed by atoms with Crippen molar-refractivity contribution in [1.82, 2.24) is 4.90 Å². The van der Waals surface area contributed by atoms with Crippen LogP contribution in [0.25, 0.3) is 0 Å². The first-order chi connectivity index (χ1) is 16.6. The standard InChI is InChI=1S/C25H22ClF4NO4/c26-15-6-18(10-20(7-15)35-25(28,29)30)34-19-8-16-3-4-17(9-19)31(16)12-14-5-23(27)22(24(32)33)11-21(14)13-1-2-13/h5-8,10-11,13,16-17H,1-4,9,12H2,(H,32,33)/t16?,17-/m0/s1. The molecule has 2 heterocycles. The maximum absolute atomic E-state index is 14.5. The van der Waals surface area contributed by atoms with Gasteiger partial charge in [-0.05, 0) is 73.1 Å². The van der Waals surface area contributed by atoms with Gasteiger partial charge in [0, 0.05) is 36.1 Å². The highest BCUT2D eigenvalue weighted by molar-refractivity contribution is 6.30. The van der Waals surface area contributed by atoms with E-state index in [1.165, 1.54) is 18.2 Å². The van der Waals surface area contributed by atoms with Crippen LogP contribution in [0, 0.1) is 5.82 Å². The van der Waals surface area contributed by atoms with Crippen molar-refractivity contribution in [3.63, 3.8) is 0 Å². The number of carboxylic acids is 1. The molecule has 5 rings (SSSR count). The van der Waals surface area contributed by atoms with Gasteiger partial charge in [-0.1, -0.05) is 11.6 Å². The SMILES string of the molecule is O=C(O)c1cc(C2CC2)c(CN2C3C=C(Oc4cc(Cl)cc(OC(F)(F)F)c4)C[C@@H]2CC3)cc1F. The number of halogens is 5. The quantitative estimate of drug-likeness (QED) is 0.422. The molecule has 2 aromatic rings. The van der Waals surface area contributed by atoms with E-state index >= 15 is 0 Å². The summed E-state index contributed by atoms with van der Waals surface area (Å²) < 4.78 is 62.1. The fourth-order valence-corrected chi connectivity index (χ4v) is 5.26. The van der Waals surface area contributed by atoms with Crippen LogP contribution in [0.1, 0.15) is 59.5 Å².